The largest absolute Gasteiger partial charge is 0.416 e. The van der Waals surface area contributed by atoms with Gasteiger partial charge in [0.05, 0.1) is 15.6 Å². The van der Waals surface area contributed by atoms with Crippen molar-refractivity contribution in [2.75, 3.05) is 5.32 Å². The fourth-order valence-corrected chi connectivity index (χ4v) is 2.86. The highest BCUT2D eigenvalue weighted by Gasteiger charge is 2.34. The van der Waals surface area contributed by atoms with Crippen LogP contribution in [0.2, 0.25) is 0 Å². The van der Waals surface area contributed by atoms with E-state index in [9.17, 15) is 22.8 Å². The summed E-state index contributed by atoms with van der Waals surface area (Å²) in [6.45, 7) is 1.34. The first-order valence-electron chi connectivity index (χ1n) is 6.94. The number of carbonyl (C=O) groups is 2. The van der Waals surface area contributed by atoms with E-state index in [0.29, 0.717) is 0 Å². The van der Waals surface area contributed by atoms with Crippen LogP contribution < -0.4 is 5.32 Å². The van der Waals surface area contributed by atoms with Gasteiger partial charge in [-0.3, -0.25) is 9.59 Å². The number of carbonyl (C=O) groups excluding carboxylic acids is 2. The first kappa shape index (κ1) is 17.3. The second kappa shape index (κ2) is 6.07. The number of anilines is 1. The van der Waals surface area contributed by atoms with E-state index in [1.165, 1.54) is 25.3 Å². The van der Waals surface area contributed by atoms with Gasteiger partial charge in [0.15, 0.2) is 0 Å². The molecule has 1 aromatic heterocycles. The number of allylic oxidation sites excluding steroid dienone is 2. The van der Waals surface area contributed by atoms with Crippen molar-refractivity contribution in [1.82, 2.24) is 9.97 Å². The predicted octanol–water partition coefficient (Wildman–Crippen LogP) is 3.90. The molecule has 0 spiro atoms. The minimum Gasteiger partial charge on any atom is -0.351 e. The fourth-order valence-electron chi connectivity index (χ4n) is 2.39. The number of nitrogens with one attached hydrogen (secondary N) is 1. The Labute approximate surface area is 148 Å². The lowest BCUT2D eigenvalue weighted by Crippen LogP contribution is -2.25. The van der Waals surface area contributed by atoms with Gasteiger partial charge in [-0.2, -0.15) is 13.2 Å². The summed E-state index contributed by atoms with van der Waals surface area (Å²) in [6.07, 6.45) is -2.20. The van der Waals surface area contributed by atoms with Crippen molar-refractivity contribution in [2.45, 2.75) is 13.1 Å². The molecule has 9 heteroatoms. The van der Waals surface area contributed by atoms with Crippen LogP contribution in [0.15, 0.2) is 40.9 Å². The van der Waals surface area contributed by atoms with Crippen LogP contribution in [0.25, 0.3) is 0 Å². The van der Waals surface area contributed by atoms with Crippen LogP contribution in [0.1, 0.15) is 32.0 Å². The number of benzene rings is 1. The van der Waals surface area contributed by atoms with E-state index >= 15 is 0 Å². The molecule has 0 atom stereocenters. The maximum absolute atomic E-state index is 13.0. The summed E-state index contributed by atoms with van der Waals surface area (Å²) < 4.78 is 39.0. The molecule has 1 aromatic carbocycles. The molecule has 0 saturated carbocycles. The number of Topliss-reactive ketones (excluding diaryl/α,β-unsaturated/α-hetero) is 2. The molecule has 1 aliphatic rings. The number of rotatable bonds is 2. The van der Waals surface area contributed by atoms with Crippen LogP contribution in [0, 0.1) is 6.92 Å². The Hall–Kier alpha value is -2.55. The number of hydrogen-bond acceptors (Lipinski definition) is 5. The summed E-state index contributed by atoms with van der Waals surface area (Å²) >= 11 is 3.02. The topological polar surface area (TPSA) is 72.0 Å². The van der Waals surface area contributed by atoms with E-state index in [2.05, 4.69) is 31.2 Å². The molecule has 1 aliphatic carbocycles. The quantitative estimate of drug-likeness (QED) is 0.810. The van der Waals surface area contributed by atoms with Gasteiger partial charge in [0.2, 0.25) is 11.6 Å². The molecule has 25 heavy (non-hydrogen) atoms. The van der Waals surface area contributed by atoms with Gasteiger partial charge >= 0.3 is 6.18 Å². The lowest BCUT2D eigenvalue weighted by atomic mass is 9.98. The first-order valence-corrected chi connectivity index (χ1v) is 7.73. The van der Waals surface area contributed by atoms with Gasteiger partial charge in [0.1, 0.15) is 17.7 Å². The normalized spacial score (nSPS) is 14.6. The van der Waals surface area contributed by atoms with Crippen molar-refractivity contribution in [3.8, 4) is 0 Å². The third kappa shape index (κ3) is 3.07. The third-order valence-corrected chi connectivity index (χ3v) is 4.39. The summed E-state index contributed by atoms with van der Waals surface area (Å²) in [7, 11) is 0. The highest BCUT2D eigenvalue weighted by atomic mass is 79.9. The highest BCUT2D eigenvalue weighted by molar-refractivity contribution is 9.12. The van der Waals surface area contributed by atoms with Crippen LogP contribution in [-0.4, -0.2) is 21.5 Å². The van der Waals surface area contributed by atoms with Crippen LogP contribution in [0.3, 0.4) is 0 Å². The zero-order valence-corrected chi connectivity index (χ0v) is 14.2. The highest BCUT2D eigenvalue weighted by Crippen LogP contribution is 2.35. The summed E-state index contributed by atoms with van der Waals surface area (Å²) in [6, 6.07) is 3.57. The molecule has 128 valence electrons. The molecular weight excluding hydrogens is 403 g/mol. The molecule has 0 fully saturated rings. The Morgan fingerprint density at radius 3 is 2.56 bits per heavy atom. The zero-order valence-electron chi connectivity index (χ0n) is 12.6. The average molecular weight is 412 g/mol. The van der Waals surface area contributed by atoms with E-state index in [1.807, 2.05) is 0 Å². The molecule has 1 heterocycles. The average Bonchev–Trinajstić information content (AvgIpc) is 2.57. The van der Waals surface area contributed by atoms with Crippen molar-refractivity contribution in [3.63, 3.8) is 0 Å². The van der Waals surface area contributed by atoms with Crippen molar-refractivity contribution >= 4 is 33.2 Å². The molecular formula is C16H9BrF3N3O2. The molecule has 3 rings (SSSR count). The van der Waals surface area contributed by atoms with Gasteiger partial charge in [-0.05, 0) is 40.5 Å². The van der Waals surface area contributed by atoms with E-state index in [1.54, 1.807) is 0 Å². The van der Waals surface area contributed by atoms with Crippen LogP contribution >= 0.6 is 15.9 Å². The number of ketones is 2. The SMILES string of the molecule is Cc1ccc(NC2=C(Br)C(=O)c3ncncc3C2=O)cc1C(F)(F)F. The minimum absolute atomic E-state index is 0.0126. The monoisotopic (exact) mass is 411 g/mol. The van der Waals surface area contributed by atoms with Gasteiger partial charge < -0.3 is 5.32 Å². The summed E-state index contributed by atoms with van der Waals surface area (Å²) in [5, 5.41) is 2.60. The Bertz CT molecular complexity index is 938. The van der Waals surface area contributed by atoms with Crippen molar-refractivity contribution in [3.05, 3.63) is 63.3 Å². The Kier molecular flexibility index (Phi) is 4.19. The molecule has 0 bridgehead atoms. The fraction of sp³-hybridized carbons (Fsp3) is 0.125. The number of hydrogen-bond donors (Lipinski definition) is 1. The molecule has 1 N–H and O–H groups in total. The Morgan fingerprint density at radius 2 is 1.88 bits per heavy atom. The maximum Gasteiger partial charge on any atom is 0.416 e. The maximum atomic E-state index is 13.0. The van der Waals surface area contributed by atoms with Crippen LogP contribution in [0.5, 0.6) is 0 Å². The summed E-state index contributed by atoms with van der Waals surface area (Å²) in [5.74, 6) is -1.14. The number of fused-ring (bicyclic) bond motifs is 1. The van der Waals surface area contributed by atoms with Gasteiger partial charge in [-0.15, -0.1) is 0 Å². The minimum atomic E-state index is -4.53. The van der Waals surface area contributed by atoms with Crippen LogP contribution in [0.4, 0.5) is 18.9 Å². The molecule has 0 amide bonds. The van der Waals surface area contributed by atoms with E-state index < -0.39 is 23.3 Å². The van der Waals surface area contributed by atoms with E-state index in [0.717, 1.165) is 12.4 Å². The Balaban J connectivity index is 2.03. The number of aryl methyl sites for hydroxylation is 1. The molecule has 2 aromatic rings. The second-order valence-corrected chi connectivity index (χ2v) is 6.08. The summed E-state index contributed by atoms with van der Waals surface area (Å²) in [4.78, 5) is 32.3. The number of alkyl halides is 3. The number of halogens is 4. The van der Waals surface area contributed by atoms with Crippen molar-refractivity contribution in [2.24, 2.45) is 0 Å². The number of aromatic nitrogens is 2. The van der Waals surface area contributed by atoms with Crippen LogP contribution in [-0.2, 0) is 6.18 Å². The van der Waals surface area contributed by atoms with Crippen molar-refractivity contribution in [1.29, 1.82) is 0 Å². The second-order valence-electron chi connectivity index (χ2n) is 5.28. The molecule has 0 aliphatic heterocycles. The van der Waals surface area contributed by atoms with Crippen molar-refractivity contribution < 1.29 is 22.8 Å². The molecule has 0 radical (unpaired) electrons. The molecule has 0 saturated heterocycles. The van der Waals surface area contributed by atoms with Gasteiger partial charge in [-0.1, -0.05) is 6.07 Å². The first-order chi connectivity index (χ1) is 11.7. The molecule has 0 unspecified atom stereocenters. The smallest absolute Gasteiger partial charge is 0.351 e. The van der Waals surface area contributed by atoms with E-state index in [4.69, 9.17) is 0 Å². The standard InChI is InChI=1S/C16H9BrF3N3O2/c1-7-2-3-8(4-10(7)16(18,19)20)23-13-11(17)15(25)12-9(14(13)24)5-21-6-22-12/h2-6,23H,1H3. The third-order valence-electron chi connectivity index (χ3n) is 3.63. The lowest BCUT2D eigenvalue weighted by molar-refractivity contribution is -0.138. The lowest BCUT2D eigenvalue weighted by Gasteiger charge is -2.19. The van der Waals surface area contributed by atoms with Gasteiger partial charge in [0, 0.05) is 11.9 Å². The number of nitrogens with zero attached hydrogens (tertiary/aromatic N) is 2. The Morgan fingerprint density at radius 1 is 1.16 bits per heavy atom. The summed E-state index contributed by atoms with van der Waals surface area (Å²) in [5.41, 5.74) is -0.974. The molecule has 5 nitrogen and oxygen atoms in total. The van der Waals surface area contributed by atoms with Gasteiger partial charge in [-0.25, -0.2) is 9.97 Å². The van der Waals surface area contributed by atoms with Gasteiger partial charge in [0.25, 0.3) is 0 Å². The zero-order chi connectivity index (χ0) is 18.4. The van der Waals surface area contributed by atoms with E-state index in [-0.39, 0.29) is 32.7 Å². The predicted molar refractivity (Wildman–Crippen MR) is 86.4 cm³/mol.